The lowest BCUT2D eigenvalue weighted by molar-refractivity contribution is -0.683. The van der Waals surface area contributed by atoms with Gasteiger partial charge in [0.05, 0.1) is 14.1 Å². The van der Waals surface area contributed by atoms with E-state index in [9.17, 15) is 0 Å². The first-order valence-electron chi connectivity index (χ1n) is 4.45. The number of carbonyl (C=O) groups excluding carboxylic acids is 1. The minimum absolute atomic E-state index is 0.972. The lowest BCUT2D eigenvalue weighted by Crippen LogP contribution is -2.32. The fourth-order valence-electron chi connectivity index (χ4n) is 1.20. The van der Waals surface area contributed by atoms with Crippen LogP contribution in [0.5, 0.6) is 0 Å². The van der Waals surface area contributed by atoms with Crippen LogP contribution >= 0.6 is 0 Å². The van der Waals surface area contributed by atoms with E-state index in [0.29, 0.717) is 0 Å². The summed E-state index contributed by atoms with van der Waals surface area (Å²) < 4.78 is 4.41. The number of carboxylic acid groups (broad SMARTS) is 1. The second-order valence-electron chi connectivity index (χ2n) is 3.33. The Morgan fingerprint density at radius 2 is 1.71 bits per heavy atom. The van der Waals surface area contributed by atoms with Crippen molar-refractivity contribution < 1.29 is 14.5 Å². The minimum Gasteiger partial charge on any atom is -0.550 e. The van der Waals surface area contributed by atoms with Crippen LogP contribution in [0.1, 0.15) is 24.1 Å². The second-order valence-corrected chi connectivity index (χ2v) is 3.33. The van der Waals surface area contributed by atoms with E-state index in [1.807, 2.05) is 0 Å². The van der Waals surface area contributed by atoms with Crippen LogP contribution in [-0.2, 0) is 18.9 Å². The molecule has 1 heterocycles. The molecule has 0 amide bonds. The van der Waals surface area contributed by atoms with Crippen molar-refractivity contribution in [2.75, 3.05) is 0 Å². The Labute approximate surface area is 84.8 Å². The van der Waals surface area contributed by atoms with Crippen LogP contribution in [-0.4, -0.2) is 10.5 Å². The zero-order chi connectivity index (χ0) is 11.5. The fraction of sp³-hybridized carbons (Fsp3) is 0.600. The van der Waals surface area contributed by atoms with Crippen LogP contribution in [0, 0.1) is 20.8 Å². The van der Waals surface area contributed by atoms with Crippen LogP contribution in [0.4, 0.5) is 0 Å². The number of carbonyl (C=O) groups is 1. The van der Waals surface area contributed by atoms with Crippen molar-refractivity contribution in [3.63, 3.8) is 0 Å². The van der Waals surface area contributed by atoms with E-state index in [1.165, 1.54) is 17.2 Å². The van der Waals surface area contributed by atoms with Crippen LogP contribution < -0.4 is 9.67 Å². The van der Waals surface area contributed by atoms with E-state index in [4.69, 9.17) is 9.90 Å². The van der Waals surface area contributed by atoms with E-state index in [-0.39, 0.29) is 0 Å². The van der Waals surface area contributed by atoms with Crippen molar-refractivity contribution in [3.8, 4) is 0 Å². The molecule has 0 unspecified atom stereocenters. The van der Waals surface area contributed by atoms with Gasteiger partial charge in [0.1, 0.15) is 11.4 Å². The van der Waals surface area contributed by atoms with Crippen LogP contribution in [0.2, 0.25) is 0 Å². The number of aromatic nitrogens is 2. The number of rotatable bonds is 0. The number of hydrogen-bond donors (Lipinski definition) is 0. The van der Waals surface area contributed by atoms with Gasteiger partial charge in [-0.05, 0) is 6.92 Å². The molecule has 4 heteroatoms. The van der Waals surface area contributed by atoms with Crippen molar-refractivity contribution >= 4 is 5.97 Å². The molecule has 1 aromatic heterocycles. The SMILES string of the molecule is CC(=O)[O-].Cc1c(C)[n+](C)c(C)n1C. The molecule has 0 radical (unpaired) electrons. The monoisotopic (exact) mass is 198 g/mol. The molecule has 0 saturated heterocycles. The van der Waals surface area contributed by atoms with Crippen LogP contribution in [0.25, 0.3) is 0 Å². The molecule has 0 aromatic carbocycles. The van der Waals surface area contributed by atoms with E-state index in [0.717, 1.165) is 6.92 Å². The van der Waals surface area contributed by atoms with Gasteiger partial charge in [0.25, 0.3) is 5.82 Å². The van der Waals surface area contributed by atoms with E-state index in [2.05, 4.69) is 44.0 Å². The molecular formula is C10H18N2O2. The highest BCUT2D eigenvalue weighted by Gasteiger charge is 2.14. The average molecular weight is 198 g/mol. The summed E-state index contributed by atoms with van der Waals surface area (Å²) in [4.78, 5) is 8.89. The number of carboxylic acids is 1. The standard InChI is InChI=1S/C8H15N2.C2H4O2/c1-6-7(2)10(5)8(3)9(6)4;1-2(3)4/h1-5H3;1H3,(H,3,4)/q+1;/p-1. The summed E-state index contributed by atoms with van der Waals surface area (Å²) in [6.07, 6.45) is 0. The molecule has 0 fully saturated rings. The molecule has 1 rings (SSSR count). The van der Waals surface area contributed by atoms with E-state index >= 15 is 0 Å². The molecule has 1 aromatic rings. The largest absolute Gasteiger partial charge is 0.550 e. The molecule has 14 heavy (non-hydrogen) atoms. The molecule has 0 bridgehead atoms. The summed E-state index contributed by atoms with van der Waals surface area (Å²) in [6.45, 7) is 7.38. The topological polar surface area (TPSA) is 48.9 Å². The zero-order valence-electron chi connectivity index (χ0n) is 9.71. The van der Waals surface area contributed by atoms with Gasteiger partial charge in [0.2, 0.25) is 0 Å². The summed E-state index contributed by atoms with van der Waals surface area (Å²) in [6, 6.07) is 0. The van der Waals surface area contributed by atoms with Crippen LogP contribution in [0.15, 0.2) is 0 Å². The maximum absolute atomic E-state index is 8.89. The first kappa shape index (κ1) is 12.7. The highest BCUT2D eigenvalue weighted by Crippen LogP contribution is 2.02. The Kier molecular flexibility index (Phi) is 4.34. The summed E-state index contributed by atoms with van der Waals surface area (Å²) in [5, 5.41) is 8.89. The predicted molar refractivity (Wildman–Crippen MR) is 51.5 cm³/mol. The summed E-state index contributed by atoms with van der Waals surface area (Å²) >= 11 is 0. The van der Waals surface area contributed by atoms with Gasteiger partial charge in [-0.2, -0.15) is 0 Å². The Bertz CT molecular complexity index is 256. The van der Waals surface area contributed by atoms with Gasteiger partial charge in [-0.1, -0.05) is 0 Å². The molecule has 80 valence electrons. The van der Waals surface area contributed by atoms with Gasteiger partial charge in [-0.25, -0.2) is 9.13 Å². The van der Waals surface area contributed by atoms with Gasteiger partial charge in [-0.15, -0.1) is 0 Å². The Hall–Kier alpha value is -1.32. The average Bonchev–Trinajstić information content (AvgIpc) is 2.23. The first-order chi connectivity index (χ1) is 6.29. The van der Waals surface area contributed by atoms with Gasteiger partial charge in [-0.3, -0.25) is 0 Å². The quantitative estimate of drug-likeness (QED) is 0.529. The summed E-state index contributed by atoms with van der Waals surface area (Å²) in [5.41, 5.74) is 2.69. The minimum atomic E-state index is -1.08. The summed E-state index contributed by atoms with van der Waals surface area (Å²) in [7, 11) is 4.19. The molecule has 0 aliphatic rings. The van der Waals surface area contributed by atoms with E-state index < -0.39 is 5.97 Å². The van der Waals surface area contributed by atoms with Gasteiger partial charge in [0, 0.05) is 26.7 Å². The van der Waals surface area contributed by atoms with Crippen molar-refractivity contribution in [1.82, 2.24) is 4.57 Å². The molecular weight excluding hydrogens is 180 g/mol. The molecule has 4 nitrogen and oxygen atoms in total. The number of hydrogen-bond acceptors (Lipinski definition) is 2. The second kappa shape index (κ2) is 4.79. The van der Waals surface area contributed by atoms with Gasteiger partial charge in [0.15, 0.2) is 0 Å². The maximum atomic E-state index is 8.89. The van der Waals surface area contributed by atoms with Crippen molar-refractivity contribution in [3.05, 3.63) is 17.2 Å². The molecule has 0 saturated carbocycles. The summed E-state index contributed by atoms with van der Waals surface area (Å²) in [5.74, 6) is 0.218. The van der Waals surface area contributed by atoms with Gasteiger partial charge < -0.3 is 9.90 Å². The molecule has 0 N–H and O–H groups in total. The molecule has 0 aliphatic heterocycles. The zero-order valence-corrected chi connectivity index (χ0v) is 9.71. The third-order valence-corrected chi connectivity index (χ3v) is 2.50. The third-order valence-electron chi connectivity index (χ3n) is 2.50. The molecule has 0 aliphatic carbocycles. The highest BCUT2D eigenvalue weighted by molar-refractivity contribution is 5.60. The number of nitrogens with zero attached hydrogens (tertiary/aromatic N) is 2. The lowest BCUT2D eigenvalue weighted by atomic mass is 10.4. The Balaban J connectivity index is 0.000000364. The number of imidazole rings is 1. The highest BCUT2D eigenvalue weighted by atomic mass is 16.4. The predicted octanol–water partition coefficient (Wildman–Crippen LogP) is -0.469. The maximum Gasteiger partial charge on any atom is 0.253 e. The Morgan fingerprint density at radius 1 is 1.36 bits per heavy atom. The van der Waals surface area contributed by atoms with Crippen molar-refractivity contribution in [2.45, 2.75) is 27.7 Å². The fourth-order valence-corrected chi connectivity index (χ4v) is 1.20. The van der Waals surface area contributed by atoms with Gasteiger partial charge >= 0.3 is 0 Å². The third kappa shape index (κ3) is 2.87. The lowest BCUT2D eigenvalue weighted by Gasteiger charge is -1.87. The van der Waals surface area contributed by atoms with Crippen molar-refractivity contribution in [1.29, 1.82) is 0 Å². The Morgan fingerprint density at radius 3 is 1.79 bits per heavy atom. The van der Waals surface area contributed by atoms with Crippen molar-refractivity contribution in [2.24, 2.45) is 14.1 Å². The number of aliphatic carboxylic acids is 1. The molecule has 0 atom stereocenters. The normalized spacial score (nSPS) is 9.29. The van der Waals surface area contributed by atoms with E-state index in [1.54, 1.807) is 0 Å². The van der Waals surface area contributed by atoms with Crippen LogP contribution in [0.3, 0.4) is 0 Å². The smallest absolute Gasteiger partial charge is 0.253 e. The molecule has 0 spiro atoms. The first-order valence-corrected chi connectivity index (χ1v) is 4.45.